The van der Waals surface area contributed by atoms with Crippen molar-refractivity contribution in [3.8, 4) is 0 Å². The molecule has 0 saturated heterocycles. The Morgan fingerprint density at radius 1 is 0.660 bits per heavy atom. The number of hydrogen-bond donors (Lipinski definition) is 8. The van der Waals surface area contributed by atoms with Crippen molar-refractivity contribution >= 4 is 88.2 Å². The van der Waals surface area contributed by atoms with Gasteiger partial charge in [0.05, 0.1) is 26.4 Å². The number of nitrogens with zero attached hydrogens (tertiary/aromatic N) is 3. The molecular formula is C69H105N11O17. The van der Waals surface area contributed by atoms with E-state index in [0.29, 0.717) is 16.8 Å². The van der Waals surface area contributed by atoms with E-state index in [2.05, 4.69) is 37.2 Å². The van der Waals surface area contributed by atoms with E-state index in [1.165, 1.54) is 30.8 Å². The number of benzene rings is 2. The molecule has 28 nitrogen and oxygen atoms in total. The quantitative estimate of drug-likeness (QED) is 0.0141. The van der Waals surface area contributed by atoms with Gasteiger partial charge >= 0.3 is 36.1 Å². The molecule has 0 fully saturated rings. The van der Waals surface area contributed by atoms with Gasteiger partial charge in [-0.1, -0.05) is 98.7 Å². The second-order valence-corrected chi connectivity index (χ2v) is 27.1. The van der Waals surface area contributed by atoms with Crippen LogP contribution in [0.3, 0.4) is 0 Å². The van der Waals surface area contributed by atoms with Crippen LogP contribution >= 0.6 is 0 Å². The summed E-state index contributed by atoms with van der Waals surface area (Å²) >= 11 is 0. The molecule has 7 atom stereocenters. The van der Waals surface area contributed by atoms with E-state index in [4.69, 9.17) is 29.4 Å². The number of nitrogens with one attached hydrogen (secondary N) is 7. The van der Waals surface area contributed by atoms with E-state index in [0.717, 1.165) is 18.0 Å². The highest BCUT2D eigenvalue weighted by atomic mass is 16.6. The first-order valence-electron chi connectivity index (χ1n) is 32.6. The van der Waals surface area contributed by atoms with Crippen LogP contribution in [-0.4, -0.2) is 175 Å². The number of nitrogens with two attached hydrogens (primary N) is 1. The molecule has 9 N–H and O–H groups in total. The number of esters is 3. The third kappa shape index (κ3) is 25.4. The van der Waals surface area contributed by atoms with Crippen molar-refractivity contribution in [2.75, 3.05) is 46.3 Å². The Morgan fingerprint density at radius 2 is 1.25 bits per heavy atom. The second-order valence-electron chi connectivity index (χ2n) is 27.1. The summed E-state index contributed by atoms with van der Waals surface area (Å²) in [5.74, 6) is -6.99. The molecule has 28 heteroatoms. The number of fused-ring (bicyclic) bond motifs is 1. The van der Waals surface area contributed by atoms with Crippen LogP contribution in [0.15, 0.2) is 66.4 Å². The molecule has 97 heavy (non-hydrogen) atoms. The molecule has 2 aromatic carbocycles. The Labute approximate surface area is 569 Å². The van der Waals surface area contributed by atoms with E-state index >= 15 is 9.59 Å². The van der Waals surface area contributed by atoms with Crippen molar-refractivity contribution in [3.05, 3.63) is 77.5 Å². The van der Waals surface area contributed by atoms with Gasteiger partial charge in [0.1, 0.15) is 48.5 Å². The van der Waals surface area contributed by atoms with Crippen LogP contribution in [0, 0.1) is 17.3 Å². The van der Waals surface area contributed by atoms with Gasteiger partial charge in [0.2, 0.25) is 35.4 Å². The predicted molar refractivity (Wildman–Crippen MR) is 364 cm³/mol. The number of methoxy groups -OCH3 is 1. The minimum absolute atomic E-state index is 0.0284. The second kappa shape index (κ2) is 37.3. The summed E-state index contributed by atoms with van der Waals surface area (Å²) in [5.41, 5.74) is 4.65. The monoisotopic (exact) mass is 1360 g/mol. The third-order valence-corrected chi connectivity index (χ3v) is 16.0. The average Bonchev–Trinajstić information content (AvgIpc) is 1.68. The van der Waals surface area contributed by atoms with Crippen LogP contribution in [0.2, 0.25) is 0 Å². The van der Waals surface area contributed by atoms with Crippen LogP contribution in [0.1, 0.15) is 154 Å². The molecule has 0 spiro atoms. The van der Waals surface area contributed by atoms with Gasteiger partial charge in [-0.2, -0.15) is 0 Å². The zero-order chi connectivity index (χ0) is 73.4. The number of anilines is 1. The largest absolute Gasteiger partial charge is 0.469 e. The van der Waals surface area contributed by atoms with Crippen molar-refractivity contribution in [1.29, 1.82) is 0 Å². The van der Waals surface area contributed by atoms with Crippen molar-refractivity contribution in [2.45, 2.75) is 202 Å². The molecule has 1 unspecified atom stereocenters. The highest BCUT2D eigenvalue weighted by molar-refractivity contribution is 6.00. The van der Waals surface area contributed by atoms with Gasteiger partial charge in [-0.25, -0.2) is 19.2 Å². The Bertz CT molecular complexity index is 3270. The number of alkyl carbamates (subject to hydrolysis) is 1. The number of primary amides is 1. The van der Waals surface area contributed by atoms with E-state index in [-0.39, 0.29) is 76.4 Å². The summed E-state index contributed by atoms with van der Waals surface area (Å²) in [6.07, 6.45) is 1.05. The van der Waals surface area contributed by atoms with Gasteiger partial charge < -0.3 is 76.1 Å². The normalized spacial score (nSPS) is 14.0. The van der Waals surface area contributed by atoms with E-state index in [1.54, 1.807) is 99.6 Å². The first-order chi connectivity index (χ1) is 45.2. The number of carbonyl (C=O) groups is 12. The number of hydrogen-bond acceptors (Lipinski definition) is 17. The van der Waals surface area contributed by atoms with Crippen LogP contribution in [0.4, 0.5) is 20.1 Å². The van der Waals surface area contributed by atoms with Gasteiger partial charge in [-0.3, -0.25) is 43.3 Å². The highest BCUT2D eigenvalue weighted by Gasteiger charge is 2.47. The minimum atomic E-state index is -1.40. The van der Waals surface area contributed by atoms with E-state index in [9.17, 15) is 47.9 Å². The molecule has 3 rings (SSSR count). The number of rotatable bonds is 34. The fourth-order valence-corrected chi connectivity index (χ4v) is 10.7. The van der Waals surface area contributed by atoms with E-state index in [1.807, 2.05) is 69.8 Å². The Morgan fingerprint density at radius 3 is 1.81 bits per heavy atom. The maximum Gasteiger partial charge on any atom is 0.410 e. The number of para-hydroxylation sites is 1. The zero-order valence-corrected chi connectivity index (χ0v) is 59.9. The number of amides is 10. The number of urea groups is 1. The van der Waals surface area contributed by atoms with Crippen molar-refractivity contribution < 1.29 is 81.2 Å². The van der Waals surface area contributed by atoms with Crippen molar-refractivity contribution in [3.63, 3.8) is 0 Å². The molecule has 0 radical (unpaired) electrons. The summed E-state index contributed by atoms with van der Waals surface area (Å²) in [5, 5.41) is 19.6. The number of aromatic nitrogens is 1. The van der Waals surface area contributed by atoms with Crippen molar-refractivity contribution in [2.24, 2.45) is 30.0 Å². The van der Waals surface area contributed by atoms with Gasteiger partial charge in [-0.15, -0.1) is 0 Å². The molecule has 3 aromatic rings. The topological polar surface area (TPSA) is 373 Å². The third-order valence-electron chi connectivity index (χ3n) is 16.0. The Kier molecular flexibility index (Phi) is 31.5. The van der Waals surface area contributed by atoms with Crippen LogP contribution in [0.25, 0.3) is 10.9 Å². The number of carbonyl (C=O) groups excluding carboxylic acids is 12. The van der Waals surface area contributed by atoms with Crippen LogP contribution in [0.5, 0.6) is 0 Å². The lowest BCUT2D eigenvalue weighted by Gasteiger charge is -2.42. The molecule has 0 aliphatic heterocycles. The molecule has 538 valence electrons. The predicted octanol–water partition coefficient (Wildman–Crippen LogP) is 6.30. The van der Waals surface area contributed by atoms with Gasteiger partial charge in [0, 0.05) is 74.3 Å². The number of aryl methyl sites for hydroxylation is 1. The SMILES string of the molecule is CCOC(=O)CC[C@@H](NC(=O)[C@H](CCC(=O)OC)NC(=O)/C(C)=C/[C@H](C(C)C)N(C)C(=O)[C@@H](NC(=O)C(N(C)C(=O)OCc1ccc(NC(=O)[C@H](CCCNC(N)=O)NC(=O)[C@@H](NC(=O)OC(C)(C)C)C(C)C)cc1)C(C)(C)c1cn(C)c2ccccc12)C(C)(C)C)C(=O)OCC. The smallest absolute Gasteiger partial charge is 0.410 e. The van der Waals surface area contributed by atoms with E-state index < -0.39 is 136 Å². The number of ether oxygens (including phenoxy) is 5. The van der Waals surface area contributed by atoms with Crippen LogP contribution < -0.4 is 43.0 Å². The summed E-state index contributed by atoms with van der Waals surface area (Å²) in [7, 11) is 5.99. The lowest BCUT2D eigenvalue weighted by atomic mass is 9.76. The summed E-state index contributed by atoms with van der Waals surface area (Å²) in [6, 6.07) is 4.82. The highest BCUT2D eigenvalue weighted by Crippen LogP contribution is 2.37. The van der Waals surface area contributed by atoms with Crippen molar-refractivity contribution in [1.82, 2.24) is 46.3 Å². The summed E-state index contributed by atoms with van der Waals surface area (Å²) in [4.78, 5) is 165. The zero-order valence-electron chi connectivity index (χ0n) is 59.9. The number of likely N-dealkylation sites (N-methyl/N-ethyl adjacent to an activating group) is 2. The molecule has 0 aliphatic rings. The summed E-state index contributed by atoms with van der Waals surface area (Å²) < 4.78 is 28.1. The molecule has 1 heterocycles. The molecular weight excluding hydrogens is 1250 g/mol. The molecule has 0 aliphatic carbocycles. The summed E-state index contributed by atoms with van der Waals surface area (Å²) in [6.45, 7) is 25.6. The molecule has 10 amide bonds. The maximum absolute atomic E-state index is 15.5. The fraction of sp³-hybridized carbons (Fsp3) is 0.594. The van der Waals surface area contributed by atoms with Gasteiger partial charge in [-0.05, 0) is 114 Å². The minimum Gasteiger partial charge on any atom is -0.469 e. The lowest BCUT2D eigenvalue weighted by molar-refractivity contribution is -0.149. The van der Waals surface area contributed by atoms with Crippen LogP contribution in [-0.2, 0) is 85.9 Å². The molecule has 0 saturated carbocycles. The standard InChI is InChI=1S/C69H105N11O17/c1-20-94-53(82)35-33-49(63(89)95-21-2)75-59(85)48(32-34-52(81)93-19)73-57(83)42(7)37-51(40(3)4)79(17)62(88)55(67(8,9)10)77-61(87)56(69(14,15)46-38-78(16)50-27-23-22-25-45(46)50)80(18)66(92)96-39-43-28-30-44(31-29-43)72-58(84)47(26-24-36-71-64(70)90)74-60(86)54(41(5)6)76-65(91)97-68(11,12)13/h22-23,25,27-31,37-38,40-41,47-49,51,54-56H,20-21,24,26,32-36,39H2,1-19H3,(H,72,84)(H,73,83)(H,74,86)(H,75,85)(H,76,91)(H,77,87)(H3,70,71,90)/b42-37+/t47-,48-,49+,51+,54-,55+,56?/m0/s1. The fourth-order valence-electron chi connectivity index (χ4n) is 10.7. The Balaban J connectivity index is 1.98. The average molecular weight is 1360 g/mol. The lowest BCUT2D eigenvalue weighted by Crippen LogP contribution is -2.63. The first-order valence-corrected chi connectivity index (χ1v) is 32.6. The Hall–Kier alpha value is -9.24. The first kappa shape index (κ1) is 82.0. The molecule has 1 aromatic heterocycles. The maximum atomic E-state index is 15.5. The molecule has 0 bridgehead atoms. The van der Waals surface area contributed by atoms with Gasteiger partial charge in [0.25, 0.3) is 0 Å². The van der Waals surface area contributed by atoms with Gasteiger partial charge in [0.15, 0.2) is 0 Å².